The Labute approximate surface area is 143 Å². The van der Waals surface area contributed by atoms with Crippen LogP contribution in [-0.2, 0) is 0 Å². The lowest BCUT2D eigenvalue weighted by atomic mass is 9.97. The van der Waals surface area contributed by atoms with Gasteiger partial charge in [0.1, 0.15) is 5.56 Å². The van der Waals surface area contributed by atoms with Gasteiger partial charge in [-0.25, -0.2) is 0 Å². The van der Waals surface area contributed by atoms with E-state index in [0.717, 1.165) is 16.7 Å². The topological polar surface area (TPSA) is 4.36 Å². The molecule has 24 heavy (non-hydrogen) atoms. The molecule has 0 aliphatic carbocycles. The van der Waals surface area contributed by atoms with Gasteiger partial charge in [-0.15, -0.1) is 5.92 Å². The highest BCUT2D eigenvalue weighted by atomic mass is 14.6. The number of nitrogens with zero attached hydrogens (tertiary/aromatic N) is 1. The predicted octanol–water partition coefficient (Wildman–Crippen LogP) is 5.70. The fraction of sp³-hybridized carbons (Fsp3) is 0.0870. The molecule has 0 aromatic heterocycles. The van der Waals surface area contributed by atoms with Crippen molar-refractivity contribution < 1.29 is 0 Å². The molecule has 0 saturated heterocycles. The van der Waals surface area contributed by atoms with Crippen LogP contribution in [0.15, 0.2) is 72.8 Å². The van der Waals surface area contributed by atoms with Gasteiger partial charge in [-0.2, -0.15) is 0 Å². The summed E-state index contributed by atoms with van der Waals surface area (Å²) in [5, 5.41) is 0. The van der Waals surface area contributed by atoms with Crippen molar-refractivity contribution >= 4 is 0 Å². The minimum absolute atomic E-state index is 0.987. The van der Waals surface area contributed by atoms with Gasteiger partial charge in [0, 0.05) is 5.56 Å². The molecule has 0 atom stereocenters. The highest BCUT2D eigenvalue weighted by Crippen LogP contribution is 2.27. The molecule has 3 aromatic carbocycles. The Morgan fingerprint density at radius 2 is 1.17 bits per heavy atom. The normalized spacial score (nSPS) is 9.42. The van der Waals surface area contributed by atoms with E-state index in [2.05, 4.69) is 77.4 Å². The van der Waals surface area contributed by atoms with Crippen molar-refractivity contribution in [1.82, 2.24) is 0 Å². The standard InChI is InChI=1S/C23H18N/c1-3-7-18-8-4-10-20(14-18)22-12-6-13-23(16-22)21-11-5-9-19(15-21)17-24-2/h4-6,8-16H,1-2H3/q+1. The first-order valence-corrected chi connectivity index (χ1v) is 7.88. The van der Waals surface area contributed by atoms with Gasteiger partial charge in [0.15, 0.2) is 0 Å². The lowest BCUT2D eigenvalue weighted by molar-refractivity contribution is 1.56. The maximum Gasteiger partial charge on any atom is 0.310 e. The lowest BCUT2D eigenvalue weighted by Crippen LogP contribution is -1.84. The molecule has 0 aliphatic heterocycles. The number of hydrogen-bond donors (Lipinski definition) is 0. The Morgan fingerprint density at radius 1 is 0.667 bits per heavy atom. The summed E-state index contributed by atoms with van der Waals surface area (Å²) >= 11 is 0. The average Bonchev–Trinajstić information content (AvgIpc) is 2.63. The Morgan fingerprint density at radius 3 is 1.75 bits per heavy atom. The zero-order valence-corrected chi connectivity index (χ0v) is 13.9. The molecule has 0 saturated carbocycles. The molecule has 0 heterocycles. The van der Waals surface area contributed by atoms with Gasteiger partial charge in [-0.05, 0) is 59.5 Å². The number of hydrogen-bond acceptors (Lipinski definition) is 0. The van der Waals surface area contributed by atoms with Crippen LogP contribution in [0.2, 0.25) is 0 Å². The molecular formula is C23H18N+. The molecule has 3 rings (SSSR count). The van der Waals surface area contributed by atoms with Gasteiger partial charge in [-0.3, -0.25) is 0 Å². The molecule has 0 N–H and O–H groups in total. The molecule has 0 bridgehead atoms. The minimum atomic E-state index is 0.987. The van der Waals surface area contributed by atoms with E-state index < -0.39 is 0 Å². The summed E-state index contributed by atoms with van der Waals surface area (Å²) in [5.41, 5.74) is 6.73. The molecule has 114 valence electrons. The van der Waals surface area contributed by atoms with Crippen LogP contribution in [-0.4, -0.2) is 7.05 Å². The summed E-state index contributed by atoms with van der Waals surface area (Å²) in [6.07, 6.45) is 0. The Kier molecular flexibility index (Phi) is 4.76. The van der Waals surface area contributed by atoms with Crippen LogP contribution in [0.3, 0.4) is 0 Å². The van der Waals surface area contributed by atoms with Crippen molar-refractivity contribution in [2.45, 2.75) is 6.92 Å². The molecule has 0 aliphatic rings. The Balaban J connectivity index is 2.02. The Hall–Kier alpha value is -3.29. The summed E-state index contributed by atoms with van der Waals surface area (Å²) in [5.74, 6) is 6.07. The van der Waals surface area contributed by atoms with Crippen molar-refractivity contribution in [2.24, 2.45) is 0 Å². The van der Waals surface area contributed by atoms with Crippen molar-refractivity contribution in [3.05, 3.63) is 88.8 Å². The molecule has 0 fully saturated rings. The van der Waals surface area contributed by atoms with Crippen LogP contribution in [0.4, 0.5) is 0 Å². The largest absolute Gasteiger partial charge is 0.310 e. The van der Waals surface area contributed by atoms with E-state index in [1.54, 1.807) is 7.05 Å². The van der Waals surface area contributed by atoms with Gasteiger partial charge in [-0.1, -0.05) is 53.2 Å². The minimum Gasteiger partial charge on any atom is -0.101 e. The van der Waals surface area contributed by atoms with Gasteiger partial charge >= 0.3 is 6.07 Å². The van der Waals surface area contributed by atoms with Gasteiger partial charge in [0.25, 0.3) is 7.05 Å². The van der Waals surface area contributed by atoms with E-state index >= 15 is 0 Å². The summed E-state index contributed by atoms with van der Waals surface area (Å²) in [7, 11) is 1.74. The SMILES string of the molecule is CC#Cc1cccc(-c2cccc(-c3cccc(C#[N+]C)c3)c2)c1. The molecule has 3 aromatic rings. The van der Waals surface area contributed by atoms with E-state index in [0.29, 0.717) is 0 Å². The number of rotatable bonds is 2. The molecule has 0 spiro atoms. The second-order valence-corrected chi connectivity index (χ2v) is 5.45. The fourth-order valence-electron chi connectivity index (χ4n) is 2.70. The second-order valence-electron chi connectivity index (χ2n) is 5.45. The predicted molar refractivity (Wildman–Crippen MR) is 102 cm³/mol. The van der Waals surface area contributed by atoms with Crippen LogP contribution < -0.4 is 0 Å². The second kappa shape index (κ2) is 7.32. The van der Waals surface area contributed by atoms with Crippen molar-refractivity contribution in [3.63, 3.8) is 0 Å². The highest BCUT2D eigenvalue weighted by molar-refractivity contribution is 5.74. The zero-order valence-electron chi connectivity index (χ0n) is 13.9. The van der Waals surface area contributed by atoms with Crippen LogP contribution in [0.1, 0.15) is 18.1 Å². The summed E-state index contributed by atoms with van der Waals surface area (Å²) in [6.45, 7) is 1.86. The third kappa shape index (κ3) is 3.54. The monoisotopic (exact) mass is 308 g/mol. The average molecular weight is 308 g/mol. The highest BCUT2D eigenvalue weighted by Gasteiger charge is 2.04. The third-order valence-electron chi connectivity index (χ3n) is 3.76. The Bertz CT molecular complexity index is 913. The fourth-order valence-corrected chi connectivity index (χ4v) is 2.70. The van der Waals surface area contributed by atoms with Crippen LogP contribution >= 0.6 is 0 Å². The van der Waals surface area contributed by atoms with E-state index in [1.807, 2.05) is 25.1 Å². The molecule has 0 radical (unpaired) electrons. The summed E-state index contributed by atoms with van der Waals surface area (Å²) in [4.78, 5) is 3.97. The van der Waals surface area contributed by atoms with E-state index in [9.17, 15) is 0 Å². The van der Waals surface area contributed by atoms with Crippen molar-refractivity contribution in [2.75, 3.05) is 7.05 Å². The molecule has 0 unspecified atom stereocenters. The van der Waals surface area contributed by atoms with E-state index in [-0.39, 0.29) is 0 Å². The van der Waals surface area contributed by atoms with Crippen LogP contribution in [0.25, 0.3) is 27.1 Å². The van der Waals surface area contributed by atoms with Crippen LogP contribution in [0.5, 0.6) is 0 Å². The number of benzene rings is 3. The maximum absolute atomic E-state index is 3.97. The first-order valence-electron chi connectivity index (χ1n) is 7.88. The zero-order chi connectivity index (χ0) is 16.8. The molecule has 1 heteroatoms. The van der Waals surface area contributed by atoms with E-state index in [1.165, 1.54) is 16.7 Å². The third-order valence-corrected chi connectivity index (χ3v) is 3.76. The summed E-state index contributed by atoms with van der Waals surface area (Å²) < 4.78 is 0. The lowest BCUT2D eigenvalue weighted by Gasteiger charge is -2.07. The van der Waals surface area contributed by atoms with Gasteiger partial charge in [0.05, 0.1) is 0 Å². The smallest absolute Gasteiger partial charge is 0.101 e. The van der Waals surface area contributed by atoms with Crippen molar-refractivity contribution in [3.8, 4) is 40.2 Å². The molecular weight excluding hydrogens is 290 g/mol. The van der Waals surface area contributed by atoms with Crippen molar-refractivity contribution in [1.29, 1.82) is 0 Å². The quantitative estimate of drug-likeness (QED) is 0.535. The first kappa shape index (κ1) is 15.6. The van der Waals surface area contributed by atoms with Gasteiger partial charge in [0.2, 0.25) is 0 Å². The molecule has 1 nitrogen and oxygen atoms in total. The first-order chi connectivity index (χ1) is 11.8. The van der Waals surface area contributed by atoms with E-state index in [4.69, 9.17) is 0 Å². The van der Waals surface area contributed by atoms with Gasteiger partial charge < -0.3 is 0 Å². The maximum atomic E-state index is 3.97. The summed E-state index contributed by atoms with van der Waals surface area (Å²) in [6, 6.07) is 28.1. The van der Waals surface area contributed by atoms with Crippen LogP contribution in [0, 0.1) is 17.9 Å². The molecule has 0 amide bonds.